The fourth-order valence-corrected chi connectivity index (χ4v) is 1.92. The Morgan fingerprint density at radius 1 is 1.53 bits per heavy atom. The summed E-state index contributed by atoms with van der Waals surface area (Å²) in [4.78, 5) is 0. The highest BCUT2D eigenvalue weighted by atomic mass is 16.5. The van der Waals surface area contributed by atoms with E-state index in [2.05, 4.69) is 11.4 Å². The smallest absolute Gasteiger partial charge is 0.115 e. The maximum Gasteiger partial charge on any atom is 0.115 e. The molecule has 88 valence electrons. The van der Waals surface area contributed by atoms with E-state index in [-0.39, 0.29) is 6.10 Å². The first-order valence-electron chi connectivity index (χ1n) is 5.85. The number of ether oxygens (including phenoxy) is 1. The topological polar surface area (TPSA) is 45.0 Å². The molecule has 0 amide bonds. The van der Waals surface area contributed by atoms with E-state index in [1.54, 1.807) is 6.26 Å². The molecule has 1 aromatic rings. The van der Waals surface area contributed by atoms with Gasteiger partial charge in [-0.05, 0) is 37.5 Å². The number of hydrogen-bond acceptors (Lipinski definition) is 3. The van der Waals surface area contributed by atoms with Crippen LogP contribution in [0.1, 0.15) is 24.0 Å². The third-order valence-electron chi connectivity index (χ3n) is 2.93. The minimum Gasteiger partial charge on any atom is -0.497 e. The van der Waals surface area contributed by atoms with Gasteiger partial charge in [-0.25, -0.2) is 0 Å². The Balaban J connectivity index is 2.01. The van der Waals surface area contributed by atoms with E-state index in [1.165, 1.54) is 0 Å². The second-order valence-electron chi connectivity index (χ2n) is 4.20. The van der Waals surface area contributed by atoms with E-state index in [4.69, 9.17) is 10.00 Å². The fourth-order valence-electron chi connectivity index (χ4n) is 1.92. The highest BCUT2D eigenvalue weighted by Crippen LogP contribution is 2.19. The van der Waals surface area contributed by atoms with Gasteiger partial charge in [-0.15, -0.1) is 0 Å². The lowest BCUT2D eigenvalue weighted by atomic mass is 10.1. The minimum atomic E-state index is 0.201. The van der Waals surface area contributed by atoms with Crippen molar-refractivity contribution in [1.82, 2.24) is 0 Å². The number of aryl methyl sites for hydroxylation is 1. The molecule has 0 aliphatic carbocycles. The SMILES string of the molecule is Cc1cccc(NCC2CCC=CO2)c1C#N. The Morgan fingerprint density at radius 3 is 3.12 bits per heavy atom. The van der Waals surface area contributed by atoms with Gasteiger partial charge in [0.1, 0.15) is 12.2 Å². The molecule has 17 heavy (non-hydrogen) atoms. The molecule has 2 rings (SSSR count). The fraction of sp³-hybridized carbons (Fsp3) is 0.357. The second-order valence-corrected chi connectivity index (χ2v) is 4.20. The van der Waals surface area contributed by atoms with E-state index in [9.17, 15) is 0 Å². The molecule has 1 aliphatic heterocycles. The number of rotatable bonds is 3. The molecule has 1 aromatic carbocycles. The van der Waals surface area contributed by atoms with Crippen LogP contribution in [0.15, 0.2) is 30.5 Å². The van der Waals surface area contributed by atoms with E-state index in [1.807, 2.05) is 31.2 Å². The molecule has 0 aromatic heterocycles. The van der Waals surface area contributed by atoms with Crippen LogP contribution in [-0.2, 0) is 4.74 Å². The maximum atomic E-state index is 9.10. The lowest BCUT2D eigenvalue weighted by molar-refractivity contribution is 0.135. The normalized spacial score (nSPS) is 18.2. The van der Waals surface area contributed by atoms with Crippen molar-refractivity contribution >= 4 is 5.69 Å². The van der Waals surface area contributed by atoms with Crippen LogP contribution in [0, 0.1) is 18.3 Å². The maximum absolute atomic E-state index is 9.10. The predicted octanol–water partition coefficient (Wildman–Crippen LogP) is 2.97. The Hall–Kier alpha value is -1.95. The first-order valence-corrected chi connectivity index (χ1v) is 5.85. The van der Waals surface area contributed by atoms with Crippen LogP contribution < -0.4 is 5.32 Å². The summed E-state index contributed by atoms with van der Waals surface area (Å²) >= 11 is 0. The van der Waals surface area contributed by atoms with Crippen molar-refractivity contribution in [3.05, 3.63) is 41.7 Å². The van der Waals surface area contributed by atoms with Gasteiger partial charge in [0.15, 0.2) is 0 Å². The average Bonchev–Trinajstić information content (AvgIpc) is 2.37. The lowest BCUT2D eigenvalue weighted by Crippen LogP contribution is -2.23. The Bertz CT molecular complexity index is 460. The third-order valence-corrected chi connectivity index (χ3v) is 2.93. The van der Waals surface area contributed by atoms with Crippen molar-refractivity contribution in [2.75, 3.05) is 11.9 Å². The van der Waals surface area contributed by atoms with Crippen LogP contribution in [0.25, 0.3) is 0 Å². The Kier molecular flexibility index (Phi) is 3.66. The van der Waals surface area contributed by atoms with Gasteiger partial charge in [-0.1, -0.05) is 12.1 Å². The average molecular weight is 228 g/mol. The Morgan fingerprint density at radius 2 is 2.41 bits per heavy atom. The monoisotopic (exact) mass is 228 g/mol. The largest absolute Gasteiger partial charge is 0.497 e. The number of anilines is 1. The van der Waals surface area contributed by atoms with Crippen molar-refractivity contribution < 1.29 is 4.74 Å². The van der Waals surface area contributed by atoms with E-state index < -0.39 is 0 Å². The van der Waals surface area contributed by atoms with E-state index in [0.29, 0.717) is 0 Å². The van der Waals surface area contributed by atoms with Crippen LogP contribution in [0.2, 0.25) is 0 Å². The summed E-state index contributed by atoms with van der Waals surface area (Å²) < 4.78 is 5.48. The number of nitriles is 1. The molecule has 0 fully saturated rings. The van der Waals surface area contributed by atoms with Crippen LogP contribution in [0.4, 0.5) is 5.69 Å². The van der Waals surface area contributed by atoms with E-state index in [0.717, 1.165) is 36.2 Å². The molecule has 3 nitrogen and oxygen atoms in total. The molecule has 3 heteroatoms. The molecule has 1 aliphatic rings. The quantitative estimate of drug-likeness (QED) is 0.865. The van der Waals surface area contributed by atoms with Crippen LogP contribution >= 0.6 is 0 Å². The number of nitrogens with one attached hydrogen (secondary N) is 1. The van der Waals surface area contributed by atoms with Gasteiger partial charge in [-0.2, -0.15) is 5.26 Å². The first-order chi connectivity index (χ1) is 8.31. The van der Waals surface area contributed by atoms with Gasteiger partial charge in [-0.3, -0.25) is 0 Å². The molecule has 0 radical (unpaired) electrons. The first kappa shape index (κ1) is 11.5. The van der Waals surface area contributed by atoms with Gasteiger partial charge in [0.2, 0.25) is 0 Å². The van der Waals surface area contributed by atoms with Gasteiger partial charge >= 0.3 is 0 Å². The third kappa shape index (κ3) is 2.79. The van der Waals surface area contributed by atoms with Crippen LogP contribution in [0.3, 0.4) is 0 Å². The molecular formula is C14H16N2O. The minimum absolute atomic E-state index is 0.201. The molecular weight excluding hydrogens is 212 g/mol. The van der Waals surface area contributed by atoms with Gasteiger partial charge < -0.3 is 10.1 Å². The molecule has 1 atom stereocenters. The van der Waals surface area contributed by atoms with Crippen molar-refractivity contribution in [3.63, 3.8) is 0 Å². The highest BCUT2D eigenvalue weighted by Gasteiger charge is 2.11. The molecule has 0 bridgehead atoms. The highest BCUT2D eigenvalue weighted by molar-refractivity contribution is 5.60. The summed E-state index contributed by atoms with van der Waals surface area (Å²) in [7, 11) is 0. The van der Waals surface area contributed by atoms with Gasteiger partial charge in [0.05, 0.1) is 24.1 Å². The molecule has 0 saturated heterocycles. The number of benzene rings is 1. The second kappa shape index (κ2) is 5.40. The van der Waals surface area contributed by atoms with Crippen molar-refractivity contribution in [3.8, 4) is 6.07 Å². The van der Waals surface area contributed by atoms with E-state index >= 15 is 0 Å². The van der Waals surface area contributed by atoms with Crippen LogP contribution in [-0.4, -0.2) is 12.6 Å². The van der Waals surface area contributed by atoms with Gasteiger partial charge in [0.25, 0.3) is 0 Å². The van der Waals surface area contributed by atoms with Crippen LogP contribution in [0.5, 0.6) is 0 Å². The summed E-state index contributed by atoms with van der Waals surface area (Å²) in [5.41, 5.74) is 2.62. The zero-order valence-electron chi connectivity index (χ0n) is 9.94. The molecule has 1 unspecified atom stereocenters. The summed E-state index contributed by atoms with van der Waals surface area (Å²) in [6.07, 6.45) is 6.08. The zero-order chi connectivity index (χ0) is 12.1. The zero-order valence-corrected chi connectivity index (χ0v) is 9.94. The summed E-state index contributed by atoms with van der Waals surface area (Å²) in [6, 6.07) is 8.08. The molecule has 1 N–H and O–H groups in total. The standard InChI is InChI=1S/C14H16N2O/c1-11-5-4-7-14(13(11)9-15)16-10-12-6-2-3-8-17-12/h3-5,7-8,12,16H,2,6,10H2,1H3. The molecule has 0 saturated carbocycles. The molecule has 0 spiro atoms. The summed E-state index contributed by atoms with van der Waals surface area (Å²) in [6.45, 7) is 2.69. The molecule has 1 heterocycles. The number of allylic oxidation sites excluding steroid dienone is 1. The van der Waals surface area contributed by atoms with Crippen molar-refractivity contribution in [2.45, 2.75) is 25.9 Å². The number of nitrogens with zero attached hydrogens (tertiary/aromatic N) is 1. The Labute approximate surface area is 102 Å². The van der Waals surface area contributed by atoms with Crippen molar-refractivity contribution in [2.24, 2.45) is 0 Å². The number of hydrogen-bond donors (Lipinski definition) is 1. The lowest BCUT2D eigenvalue weighted by Gasteiger charge is -2.20. The summed E-state index contributed by atoms with van der Waals surface area (Å²) in [5.74, 6) is 0. The van der Waals surface area contributed by atoms with Crippen molar-refractivity contribution in [1.29, 1.82) is 5.26 Å². The van der Waals surface area contributed by atoms with Gasteiger partial charge in [0, 0.05) is 0 Å². The predicted molar refractivity (Wildman–Crippen MR) is 67.6 cm³/mol. The summed E-state index contributed by atoms with van der Waals surface area (Å²) in [5, 5.41) is 12.4.